The van der Waals surface area contributed by atoms with Crippen molar-refractivity contribution in [1.29, 1.82) is 0 Å². The van der Waals surface area contributed by atoms with E-state index in [9.17, 15) is 26.3 Å². The third-order valence-corrected chi connectivity index (χ3v) is 5.88. The second kappa shape index (κ2) is 13.8. The van der Waals surface area contributed by atoms with Crippen LogP contribution < -0.4 is 0 Å². The molecule has 0 bridgehead atoms. The lowest BCUT2D eigenvalue weighted by atomic mass is 9.89. The highest BCUT2D eigenvalue weighted by molar-refractivity contribution is 5.73. The number of pyridine rings is 1. The van der Waals surface area contributed by atoms with Gasteiger partial charge in [-0.3, -0.25) is 14.8 Å². The van der Waals surface area contributed by atoms with Gasteiger partial charge in [-0.15, -0.1) is 0 Å². The van der Waals surface area contributed by atoms with Crippen LogP contribution >= 0.6 is 0 Å². The molecular formula is C24H29F6N3O6. The summed E-state index contributed by atoms with van der Waals surface area (Å²) in [6.07, 6.45) is -4.18. The van der Waals surface area contributed by atoms with Crippen molar-refractivity contribution in [3.05, 3.63) is 53.7 Å². The molecule has 0 aromatic carbocycles. The minimum absolute atomic E-state index is 0.0238. The Hall–Kier alpha value is -3.17. The number of piperidine rings is 1. The Kier molecular flexibility index (Phi) is 11.3. The van der Waals surface area contributed by atoms with Gasteiger partial charge >= 0.3 is 24.3 Å². The molecule has 2 aliphatic rings. The van der Waals surface area contributed by atoms with E-state index in [4.69, 9.17) is 29.0 Å². The number of aryl methyl sites for hydroxylation is 1. The average molecular weight is 569 g/mol. The lowest BCUT2D eigenvalue weighted by Crippen LogP contribution is -2.56. The fraction of sp³-hybridized carbons (Fsp3) is 0.542. The molecular weight excluding hydrogens is 540 g/mol. The first-order valence-corrected chi connectivity index (χ1v) is 11.7. The minimum Gasteiger partial charge on any atom is -0.475 e. The molecule has 39 heavy (non-hydrogen) atoms. The number of hydrogen-bond acceptors (Lipinski definition) is 7. The van der Waals surface area contributed by atoms with Crippen LogP contribution in [0.5, 0.6) is 0 Å². The van der Waals surface area contributed by atoms with Crippen LogP contribution in [0.1, 0.15) is 29.9 Å². The SMILES string of the molecule is Cc1ccc(CN2CCC3(CC2)CN(Cc2cccnc2)CCO3)o1.O=C(O)C(F)(F)F.O=C(O)C(F)(F)F. The Labute approximate surface area is 220 Å². The number of hydrogen-bond donors (Lipinski definition) is 2. The zero-order valence-electron chi connectivity index (χ0n) is 21.0. The topological polar surface area (TPSA) is 116 Å². The first-order chi connectivity index (χ1) is 18.1. The van der Waals surface area contributed by atoms with Crippen LogP contribution in [0.25, 0.3) is 0 Å². The maximum atomic E-state index is 10.6. The van der Waals surface area contributed by atoms with Gasteiger partial charge in [0, 0.05) is 45.1 Å². The van der Waals surface area contributed by atoms with Crippen LogP contribution in [-0.4, -0.2) is 87.7 Å². The summed E-state index contributed by atoms with van der Waals surface area (Å²) in [6, 6.07) is 8.30. The van der Waals surface area contributed by atoms with Crippen molar-refractivity contribution in [2.75, 3.05) is 32.8 Å². The number of nitrogens with zero attached hydrogens (tertiary/aromatic N) is 3. The molecule has 0 radical (unpaired) electrons. The highest BCUT2D eigenvalue weighted by atomic mass is 19.4. The molecule has 0 unspecified atom stereocenters. The van der Waals surface area contributed by atoms with Crippen LogP contribution in [-0.2, 0) is 27.4 Å². The molecule has 1 spiro atoms. The Balaban J connectivity index is 0.000000317. The standard InChI is InChI=1S/C20H27N3O2.2C2HF3O2/c1-17-4-5-19(25-17)15-22-9-6-20(7-10-22)16-23(11-12-24-20)14-18-3-2-8-21-13-18;2*3-2(4,5)1(6)7/h2-5,8,13H,6-7,9-12,14-16H2,1H3;2*(H,6,7). The number of carboxylic acid groups (broad SMARTS) is 2. The highest BCUT2D eigenvalue weighted by Crippen LogP contribution is 2.31. The number of likely N-dealkylation sites (tertiary alicyclic amines) is 1. The van der Waals surface area contributed by atoms with Gasteiger partial charge in [-0.25, -0.2) is 9.59 Å². The molecule has 2 fully saturated rings. The summed E-state index contributed by atoms with van der Waals surface area (Å²) in [5, 5.41) is 14.2. The summed E-state index contributed by atoms with van der Waals surface area (Å²) in [4.78, 5) is 27.0. The van der Waals surface area contributed by atoms with Gasteiger partial charge in [0.25, 0.3) is 0 Å². The highest BCUT2D eigenvalue weighted by Gasteiger charge is 2.40. The van der Waals surface area contributed by atoms with Gasteiger partial charge in [0.15, 0.2) is 0 Å². The number of alkyl halides is 6. The predicted octanol–water partition coefficient (Wildman–Crippen LogP) is 4.12. The Morgan fingerprint density at radius 3 is 2.00 bits per heavy atom. The molecule has 2 N–H and O–H groups in total. The number of carboxylic acids is 2. The van der Waals surface area contributed by atoms with E-state index in [2.05, 4.69) is 26.9 Å². The van der Waals surface area contributed by atoms with E-state index in [0.29, 0.717) is 0 Å². The van der Waals surface area contributed by atoms with Gasteiger partial charge in [-0.1, -0.05) is 6.07 Å². The van der Waals surface area contributed by atoms with Crippen molar-refractivity contribution in [1.82, 2.24) is 14.8 Å². The van der Waals surface area contributed by atoms with Crippen LogP contribution in [0, 0.1) is 6.92 Å². The first kappa shape index (κ1) is 32.0. The molecule has 0 amide bonds. The summed E-state index contributed by atoms with van der Waals surface area (Å²) >= 11 is 0. The van der Waals surface area contributed by atoms with Gasteiger partial charge in [-0.2, -0.15) is 26.3 Å². The second-order valence-corrected chi connectivity index (χ2v) is 9.00. The number of rotatable bonds is 4. The third-order valence-electron chi connectivity index (χ3n) is 5.88. The summed E-state index contributed by atoms with van der Waals surface area (Å²) < 4.78 is 75.5. The monoisotopic (exact) mass is 569 g/mol. The smallest absolute Gasteiger partial charge is 0.475 e. The van der Waals surface area contributed by atoms with Crippen molar-refractivity contribution in [2.24, 2.45) is 0 Å². The van der Waals surface area contributed by atoms with E-state index in [1.54, 1.807) is 0 Å². The summed E-state index contributed by atoms with van der Waals surface area (Å²) in [6.45, 7) is 8.87. The average Bonchev–Trinajstić information content (AvgIpc) is 3.25. The molecule has 2 aromatic heterocycles. The number of halogens is 6. The lowest BCUT2D eigenvalue weighted by Gasteiger charge is -2.47. The number of aliphatic carboxylic acids is 2. The van der Waals surface area contributed by atoms with Crippen LogP contribution in [0.3, 0.4) is 0 Å². The van der Waals surface area contributed by atoms with Gasteiger partial charge in [0.2, 0.25) is 0 Å². The summed E-state index contributed by atoms with van der Waals surface area (Å²) in [5.41, 5.74) is 1.31. The molecule has 15 heteroatoms. The van der Waals surface area contributed by atoms with Crippen molar-refractivity contribution < 1.29 is 55.3 Å². The van der Waals surface area contributed by atoms with Crippen LogP contribution in [0.2, 0.25) is 0 Å². The zero-order valence-corrected chi connectivity index (χ0v) is 21.0. The van der Waals surface area contributed by atoms with E-state index in [1.165, 1.54) is 5.56 Å². The fourth-order valence-corrected chi connectivity index (χ4v) is 4.02. The molecule has 4 rings (SSSR count). The molecule has 0 aliphatic carbocycles. The number of furan rings is 1. The number of aromatic nitrogens is 1. The van der Waals surface area contributed by atoms with Crippen LogP contribution in [0.4, 0.5) is 26.3 Å². The van der Waals surface area contributed by atoms with Gasteiger partial charge in [0.05, 0.1) is 18.8 Å². The molecule has 9 nitrogen and oxygen atoms in total. The molecule has 2 aromatic rings. The lowest BCUT2D eigenvalue weighted by molar-refractivity contribution is -0.193. The van der Waals surface area contributed by atoms with E-state index >= 15 is 0 Å². The van der Waals surface area contributed by atoms with E-state index in [1.807, 2.05) is 31.5 Å². The van der Waals surface area contributed by atoms with Crippen molar-refractivity contribution >= 4 is 11.9 Å². The summed E-state index contributed by atoms with van der Waals surface area (Å²) in [5.74, 6) is -3.46. The Bertz CT molecular complexity index is 1030. The van der Waals surface area contributed by atoms with Gasteiger partial charge in [0.1, 0.15) is 11.5 Å². The van der Waals surface area contributed by atoms with E-state index in [0.717, 1.165) is 70.2 Å². The normalized spacial score (nSPS) is 17.9. The quantitative estimate of drug-likeness (QED) is 0.525. The van der Waals surface area contributed by atoms with Crippen molar-refractivity contribution in [3.8, 4) is 0 Å². The maximum Gasteiger partial charge on any atom is 0.490 e. The molecule has 218 valence electrons. The van der Waals surface area contributed by atoms with Gasteiger partial charge < -0.3 is 19.4 Å². The minimum atomic E-state index is -5.08. The van der Waals surface area contributed by atoms with E-state index < -0.39 is 24.3 Å². The second-order valence-electron chi connectivity index (χ2n) is 9.00. The first-order valence-electron chi connectivity index (χ1n) is 11.7. The summed E-state index contributed by atoms with van der Waals surface area (Å²) in [7, 11) is 0. The molecule has 0 atom stereocenters. The van der Waals surface area contributed by atoms with Crippen molar-refractivity contribution in [3.63, 3.8) is 0 Å². The number of carbonyl (C=O) groups is 2. The van der Waals surface area contributed by atoms with E-state index in [-0.39, 0.29) is 5.60 Å². The maximum absolute atomic E-state index is 10.6. The Morgan fingerprint density at radius 2 is 1.54 bits per heavy atom. The largest absolute Gasteiger partial charge is 0.490 e. The van der Waals surface area contributed by atoms with Gasteiger partial charge in [-0.05, 0) is 43.5 Å². The third kappa shape index (κ3) is 11.2. The predicted molar refractivity (Wildman–Crippen MR) is 124 cm³/mol. The molecule has 2 saturated heterocycles. The zero-order chi connectivity index (χ0) is 29.3. The number of ether oxygens (including phenoxy) is 1. The molecule has 0 saturated carbocycles. The number of morpholine rings is 1. The Morgan fingerprint density at radius 1 is 0.949 bits per heavy atom. The molecule has 4 heterocycles. The molecule has 2 aliphatic heterocycles. The van der Waals surface area contributed by atoms with Crippen molar-refractivity contribution in [2.45, 2.75) is 50.8 Å². The fourth-order valence-electron chi connectivity index (χ4n) is 4.02. The van der Waals surface area contributed by atoms with Crippen LogP contribution in [0.15, 0.2) is 41.1 Å².